The first-order valence-corrected chi connectivity index (χ1v) is 8.76. The van der Waals surface area contributed by atoms with E-state index < -0.39 is 0 Å². The van der Waals surface area contributed by atoms with Crippen LogP contribution < -0.4 is 15.4 Å². The summed E-state index contributed by atoms with van der Waals surface area (Å²) in [5.74, 6) is 1.49. The number of hydrogen-bond donors (Lipinski definition) is 2. The highest BCUT2D eigenvalue weighted by atomic mass is 127. The van der Waals surface area contributed by atoms with E-state index in [-0.39, 0.29) is 29.8 Å². The van der Waals surface area contributed by atoms with Gasteiger partial charge < -0.3 is 24.8 Å². The lowest BCUT2D eigenvalue weighted by Gasteiger charge is -2.13. The molecule has 1 aliphatic rings. The Labute approximate surface area is 171 Å². The van der Waals surface area contributed by atoms with Crippen molar-refractivity contribution in [1.29, 1.82) is 0 Å². The van der Waals surface area contributed by atoms with Crippen LogP contribution >= 0.6 is 24.0 Å². The van der Waals surface area contributed by atoms with Crippen LogP contribution in [0.5, 0.6) is 5.75 Å². The smallest absolute Gasteiger partial charge is 0.191 e. The molecular formula is C18H29FIN3O3. The highest BCUT2D eigenvalue weighted by molar-refractivity contribution is 14.0. The molecule has 1 aliphatic heterocycles. The number of benzene rings is 1. The van der Waals surface area contributed by atoms with Crippen molar-refractivity contribution < 1.29 is 18.6 Å². The molecule has 0 spiro atoms. The van der Waals surface area contributed by atoms with Gasteiger partial charge in [0.25, 0.3) is 0 Å². The van der Waals surface area contributed by atoms with Crippen molar-refractivity contribution in [2.45, 2.75) is 12.8 Å². The summed E-state index contributed by atoms with van der Waals surface area (Å²) >= 11 is 0. The van der Waals surface area contributed by atoms with Gasteiger partial charge in [-0.2, -0.15) is 0 Å². The summed E-state index contributed by atoms with van der Waals surface area (Å²) in [5, 5.41) is 6.38. The van der Waals surface area contributed by atoms with E-state index in [2.05, 4.69) is 15.6 Å². The monoisotopic (exact) mass is 481 g/mol. The van der Waals surface area contributed by atoms with Crippen LogP contribution in [0.1, 0.15) is 12.8 Å². The SMILES string of the molecule is CN=C(NCCCOCC1CCOC1)NCCOc1cccc(F)c1.I. The Morgan fingerprint density at radius 1 is 1.31 bits per heavy atom. The number of hydrogen-bond acceptors (Lipinski definition) is 4. The van der Waals surface area contributed by atoms with Crippen LogP contribution in [0, 0.1) is 11.7 Å². The van der Waals surface area contributed by atoms with Gasteiger partial charge in [-0.05, 0) is 25.0 Å². The Hall–Kier alpha value is -1.13. The molecule has 2 rings (SSSR count). The van der Waals surface area contributed by atoms with Gasteiger partial charge in [-0.15, -0.1) is 24.0 Å². The number of aliphatic imine (C=N–C) groups is 1. The Kier molecular flexibility index (Phi) is 12.3. The zero-order chi connectivity index (χ0) is 17.7. The normalized spacial score (nSPS) is 16.8. The van der Waals surface area contributed by atoms with Gasteiger partial charge in [0.1, 0.15) is 18.2 Å². The topological polar surface area (TPSA) is 64.1 Å². The van der Waals surface area contributed by atoms with Gasteiger partial charge in [0, 0.05) is 38.8 Å². The number of nitrogens with zero attached hydrogens (tertiary/aromatic N) is 1. The number of rotatable bonds is 10. The van der Waals surface area contributed by atoms with E-state index in [0.29, 0.717) is 30.8 Å². The molecule has 2 N–H and O–H groups in total. The minimum absolute atomic E-state index is 0. The quantitative estimate of drug-likeness (QED) is 0.233. The van der Waals surface area contributed by atoms with Gasteiger partial charge in [0.05, 0.1) is 19.8 Å². The first-order valence-electron chi connectivity index (χ1n) is 8.76. The zero-order valence-corrected chi connectivity index (χ0v) is 17.5. The maximum atomic E-state index is 13.0. The predicted molar refractivity (Wildman–Crippen MR) is 111 cm³/mol. The van der Waals surface area contributed by atoms with Gasteiger partial charge in [0.15, 0.2) is 5.96 Å². The minimum atomic E-state index is -0.300. The van der Waals surface area contributed by atoms with E-state index in [0.717, 1.165) is 45.8 Å². The van der Waals surface area contributed by atoms with Crippen LogP contribution in [0.15, 0.2) is 29.3 Å². The second-order valence-corrected chi connectivity index (χ2v) is 5.89. The Bertz CT molecular complexity index is 528. The summed E-state index contributed by atoms with van der Waals surface area (Å²) in [7, 11) is 1.72. The lowest BCUT2D eigenvalue weighted by atomic mass is 10.1. The van der Waals surface area contributed by atoms with Crippen LogP contribution in [-0.2, 0) is 9.47 Å². The summed E-state index contributed by atoms with van der Waals surface area (Å²) < 4.78 is 29.5. The third kappa shape index (κ3) is 9.54. The molecule has 0 radical (unpaired) electrons. The van der Waals surface area contributed by atoms with Crippen molar-refractivity contribution in [1.82, 2.24) is 10.6 Å². The molecule has 1 atom stereocenters. The van der Waals surface area contributed by atoms with Crippen LogP contribution in [0.2, 0.25) is 0 Å². The number of nitrogens with one attached hydrogen (secondary N) is 2. The molecule has 1 heterocycles. The molecule has 1 aromatic rings. The molecule has 8 heteroatoms. The molecule has 148 valence electrons. The molecule has 1 saturated heterocycles. The first kappa shape index (κ1) is 22.9. The maximum Gasteiger partial charge on any atom is 0.191 e. The second-order valence-electron chi connectivity index (χ2n) is 5.89. The third-order valence-corrected chi connectivity index (χ3v) is 3.82. The highest BCUT2D eigenvalue weighted by Gasteiger charge is 2.15. The molecule has 0 aromatic heterocycles. The van der Waals surface area contributed by atoms with Crippen molar-refractivity contribution >= 4 is 29.9 Å². The summed E-state index contributed by atoms with van der Waals surface area (Å²) in [4.78, 5) is 4.15. The maximum absolute atomic E-state index is 13.0. The summed E-state index contributed by atoms with van der Waals surface area (Å²) in [6.45, 7) is 4.98. The van der Waals surface area contributed by atoms with Gasteiger partial charge in [0.2, 0.25) is 0 Å². The Balaban J connectivity index is 0.00000338. The number of ether oxygens (including phenoxy) is 3. The minimum Gasteiger partial charge on any atom is -0.492 e. The molecule has 26 heavy (non-hydrogen) atoms. The van der Waals surface area contributed by atoms with E-state index in [9.17, 15) is 4.39 Å². The largest absolute Gasteiger partial charge is 0.492 e. The molecule has 0 bridgehead atoms. The van der Waals surface area contributed by atoms with Crippen LogP contribution in [0.25, 0.3) is 0 Å². The van der Waals surface area contributed by atoms with Gasteiger partial charge in [-0.1, -0.05) is 6.07 Å². The summed E-state index contributed by atoms with van der Waals surface area (Å²) in [6, 6.07) is 6.11. The molecule has 0 amide bonds. The van der Waals surface area contributed by atoms with E-state index in [1.165, 1.54) is 12.1 Å². The lowest BCUT2D eigenvalue weighted by Crippen LogP contribution is -2.39. The van der Waals surface area contributed by atoms with E-state index in [1.54, 1.807) is 19.2 Å². The predicted octanol–water partition coefficient (Wildman–Crippen LogP) is 2.43. The molecular weight excluding hydrogens is 452 g/mol. The lowest BCUT2D eigenvalue weighted by molar-refractivity contribution is 0.0888. The van der Waals surface area contributed by atoms with E-state index >= 15 is 0 Å². The molecule has 1 unspecified atom stereocenters. The fourth-order valence-corrected chi connectivity index (χ4v) is 2.46. The van der Waals surface area contributed by atoms with Crippen molar-refractivity contribution in [2.24, 2.45) is 10.9 Å². The highest BCUT2D eigenvalue weighted by Crippen LogP contribution is 2.12. The first-order chi connectivity index (χ1) is 12.3. The van der Waals surface area contributed by atoms with Crippen molar-refractivity contribution in [3.05, 3.63) is 30.1 Å². The van der Waals surface area contributed by atoms with Crippen LogP contribution in [-0.4, -0.2) is 59.1 Å². The Morgan fingerprint density at radius 3 is 2.88 bits per heavy atom. The number of halogens is 2. The fourth-order valence-electron chi connectivity index (χ4n) is 2.46. The molecule has 1 fully saturated rings. The van der Waals surface area contributed by atoms with Gasteiger partial charge >= 0.3 is 0 Å². The second kappa shape index (κ2) is 14.0. The van der Waals surface area contributed by atoms with Crippen molar-refractivity contribution in [2.75, 3.05) is 53.2 Å². The summed E-state index contributed by atoms with van der Waals surface area (Å²) in [6.07, 6.45) is 2.01. The molecule has 0 saturated carbocycles. The van der Waals surface area contributed by atoms with Crippen LogP contribution in [0.3, 0.4) is 0 Å². The molecule has 0 aliphatic carbocycles. The van der Waals surface area contributed by atoms with Crippen molar-refractivity contribution in [3.8, 4) is 5.75 Å². The van der Waals surface area contributed by atoms with Gasteiger partial charge in [-0.3, -0.25) is 4.99 Å². The third-order valence-electron chi connectivity index (χ3n) is 3.82. The average molecular weight is 481 g/mol. The van der Waals surface area contributed by atoms with Crippen LogP contribution in [0.4, 0.5) is 4.39 Å². The molecule has 6 nitrogen and oxygen atoms in total. The fraction of sp³-hybridized carbons (Fsp3) is 0.611. The Morgan fingerprint density at radius 2 is 2.15 bits per heavy atom. The zero-order valence-electron chi connectivity index (χ0n) is 15.2. The number of guanidine groups is 1. The van der Waals surface area contributed by atoms with Gasteiger partial charge in [-0.25, -0.2) is 4.39 Å². The standard InChI is InChI=1S/C18H28FN3O3.HI/c1-20-18(21-7-3-9-23-13-15-6-10-24-14-15)22-8-11-25-17-5-2-4-16(19)12-17;/h2,4-5,12,15H,3,6-11,13-14H2,1H3,(H2,20,21,22);1H. The average Bonchev–Trinajstić information content (AvgIpc) is 3.13. The van der Waals surface area contributed by atoms with Crippen molar-refractivity contribution in [3.63, 3.8) is 0 Å². The molecule has 1 aromatic carbocycles. The van der Waals surface area contributed by atoms with E-state index in [4.69, 9.17) is 14.2 Å². The van der Waals surface area contributed by atoms with E-state index in [1.807, 2.05) is 0 Å². The summed E-state index contributed by atoms with van der Waals surface area (Å²) in [5.41, 5.74) is 0.